The number of fused-ring (bicyclic) bond motifs is 5. The summed E-state index contributed by atoms with van der Waals surface area (Å²) in [6.45, 7) is 16.3. The molecule has 1 N–H and O–H groups in total. The van der Waals surface area contributed by atoms with Crippen molar-refractivity contribution in [3.63, 3.8) is 0 Å². The van der Waals surface area contributed by atoms with Gasteiger partial charge in [-0.3, -0.25) is 4.79 Å². The van der Waals surface area contributed by atoms with Crippen LogP contribution in [0.1, 0.15) is 99.8 Å². The van der Waals surface area contributed by atoms with Crippen molar-refractivity contribution in [2.24, 2.45) is 45.3 Å². The summed E-state index contributed by atoms with van der Waals surface area (Å²) < 4.78 is 6.00. The second kappa shape index (κ2) is 7.53. The highest BCUT2D eigenvalue weighted by molar-refractivity contribution is 5.85. The molecule has 0 aromatic heterocycles. The summed E-state index contributed by atoms with van der Waals surface area (Å²) in [5.74, 6) is 2.31. The largest absolute Gasteiger partial charge is 0.368 e. The van der Waals surface area contributed by atoms with Crippen molar-refractivity contribution in [1.82, 2.24) is 0 Å². The van der Waals surface area contributed by atoms with Crippen LogP contribution >= 0.6 is 0 Å². The van der Waals surface area contributed by atoms with Crippen LogP contribution in [-0.4, -0.2) is 23.3 Å². The summed E-state index contributed by atoms with van der Waals surface area (Å²) in [5, 5.41) is 10.9. The van der Waals surface area contributed by atoms with Gasteiger partial charge in [-0.05, 0) is 92.8 Å². The van der Waals surface area contributed by atoms with Gasteiger partial charge < -0.3 is 9.84 Å². The molecule has 0 aromatic carbocycles. The van der Waals surface area contributed by atoms with E-state index in [4.69, 9.17) is 4.74 Å². The maximum absolute atomic E-state index is 12.8. The molecule has 3 saturated carbocycles. The van der Waals surface area contributed by atoms with E-state index in [0.29, 0.717) is 23.5 Å². The van der Waals surface area contributed by atoms with Gasteiger partial charge in [0.05, 0.1) is 6.10 Å². The number of hydrogen-bond donors (Lipinski definition) is 1. The van der Waals surface area contributed by atoms with Crippen LogP contribution in [0.5, 0.6) is 0 Å². The number of ketones is 1. The Bertz CT molecular complexity index is 894. The Kier molecular flexibility index (Phi) is 5.43. The Balaban J connectivity index is 1.44. The number of aliphatic hydroxyl groups excluding tert-OH is 1. The van der Waals surface area contributed by atoms with Gasteiger partial charge in [0, 0.05) is 17.8 Å². The van der Waals surface area contributed by atoms with E-state index in [-0.39, 0.29) is 33.7 Å². The number of aliphatic hydroxyl groups is 1. The van der Waals surface area contributed by atoms with E-state index in [1.165, 1.54) is 24.8 Å². The van der Waals surface area contributed by atoms with Crippen LogP contribution in [0.4, 0.5) is 0 Å². The van der Waals surface area contributed by atoms with Crippen molar-refractivity contribution in [3.05, 3.63) is 23.3 Å². The van der Waals surface area contributed by atoms with Crippen LogP contribution in [0, 0.1) is 45.3 Å². The fraction of sp³-hybridized carbons (Fsp3) is 0.833. The molecule has 5 rings (SSSR count). The number of carbonyl (C=O) groups is 1. The lowest BCUT2D eigenvalue weighted by Crippen LogP contribution is -2.60. The first-order valence-electron chi connectivity index (χ1n) is 13.6. The zero-order chi connectivity index (χ0) is 24.0. The van der Waals surface area contributed by atoms with Crippen molar-refractivity contribution in [1.29, 1.82) is 0 Å². The second-order valence-corrected chi connectivity index (χ2v) is 13.8. The lowest BCUT2D eigenvalue weighted by atomic mass is 9.38. The first-order chi connectivity index (χ1) is 15.3. The monoisotopic (exact) mass is 454 g/mol. The lowest BCUT2D eigenvalue weighted by molar-refractivity contribution is -0.164. The fourth-order valence-electron chi connectivity index (χ4n) is 10.1. The number of allylic oxidation sites excluding steroid dienone is 3. The molecule has 0 spiro atoms. The maximum Gasteiger partial charge on any atom is 0.158 e. The first kappa shape index (κ1) is 23.8. The van der Waals surface area contributed by atoms with E-state index in [0.717, 1.165) is 32.1 Å². The van der Waals surface area contributed by atoms with Crippen LogP contribution in [0.3, 0.4) is 0 Å². The van der Waals surface area contributed by atoms with Crippen molar-refractivity contribution < 1.29 is 14.6 Å². The van der Waals surface area contributed by atoms with E-state index in [2.05, 4.69) is 60.6 Å². The summed E-state index contributed by atoms with van der Waals surface area (Å²) in [6.07, 6.45) is 12.8. The van der Waals surface area contributed by atoms with E-state index in [1.54, 1.807) is 5.57 Å². The van der Waals surface area contributed by atoms with Gasteiger partial charge in [-0.15, -0.1) is 0 Å². The van der Waals surface area contributed by atoms with Crippen LogP contribution in [0.15, 0.2) is 23.3 Å². The highest BCUT2D eigenvalue weighted by Crippen LogP contribution is 2.73. The van der Waals surface area contributed by atoms with E-state index in [1.807, 2.05) is 0 Å². The molecule has 4 fully saturated rings. The number of rotatable bonds is 2. The highest BCUT2D eigenvalue weighted by Gasteiger charge is 2.66. The van der Waals surface area contributed by atoms with Gasteiger partial charge >= 0.3 is 0 Å². The summed E-state index contributed by atoms with van der Waals surface area (Å²) in [4.78, 5) is 12.8. The summed E-state index contributed by atoms with van der Waals surface area (Å²) in [5.41, 5.74) is 3.37. The summed E-state index contributed by atoms with van der Waals surface area (Å²) >= 11 is 0. The van der Waals surface area contributed by atoms with Gasteiger partial charge in [0.1, 0.15) is 5.78 Å². The van der Waals surface area contributed by atoms with Gasteiger partial charge in [0.2, 0.25) is 0 Å². The number of hydrogen-bond acceptors (Lipinski definition) is 3. The standard InChI is InChI=1S/C30H46O3/c1-18(2)16-19-17-20(26(32)33-19)21-8-9-23-28(21,5)13-11-24-29(6)15-12-25(31)27(3,4)22(29)10-14-30(23,24)7/h9,16,19-22,24,26,32H,8,10-15,17H2,1-7H3/t19-,20-,21-,22-,24+,26?,28-,29-,30-/m0/s1. The minimum absolute atomic E-state index is 0.0472. The molecule has 0 radical (unpaired) electrons. The van der Waals surface area contributed by atoms with Crippen molar-refractivity contribution in [2.45, 2.75) is 112 Å². The highest BCUT2D eigenvalue weighted by atomic mass is 16.6. The van der Waals surface area contributed by atoms with Crippen LogP contribution in [0.2, 0.25) is 0 Å². The molecule has 0 amide bonds. The molecule has 184 valence electrons. The van der Waals surface area contributed by atoms with Gasteiger partial charge in [0.15, 0.2) is 6.29 Å². The van der Waals surface area contributed by atoms with Gasteiger partial charge in [-0.2, -0.15) is 0 Å². The van der Waals surface area contributed by atoms with Crippen molar-refractivity contribution >= 4 is 5.78 Å². The van der Waals surface area contributed by atoms with E-state index < -0.39 is 6.29 Å². The number of Topliss-reactive ketones (excluding diaryl/α,β-unsaturated/α-hetero) is 1. The fourth-order valence-corrected chi connectivity index (χ4v) is 10.1. The van der Waals surface area contributed by atoms with Gasteiger partial charge in [-0.25, -0.2) is 0 Å². The van der Waals surface area contributed by atoms with Crippen molar-refractivity contribution in [3.8, 4) is 0 Å². The SMILES string of the molecule is CC(C)=C[C@H]1C[C@@H]([C@@H]2CC=C3[C@]4(C)CC[C@H]5C(C)(C)C(=O)CC[C@]5(C)[C@H]4CC[C@]32C)C(O)O1. The quantitative estimate of drug-likeness (QED) is 0.464. The molecule has 9 atom stereocenters. The Hall–Kier alpha value is -0.930. The predicted molar refractivity (Wildman–Crippen MR) is 132 cm³/mol. The minimum Gasteiger partial charge on any atom is -0.368 e. The second-order valence-electron chi connectivity index (χ2n) is 13.8. The average Bonchev–Trinajstić information content (AvgIpc) is 3.24. The third kappa shape index (κ3) is 3.24. The summed E-state index contributed by atoms with van der Waals surface area (Å²) in [7, 11) is 0. The molecule has 3 heteroatoms. The molecule has 4 aliphatic carbocycles. The first-order valence-corrected chi connectivity index (χ1v) is 13.6. The molecule has 5 aliphatic rings. The molecular weight excluding hydrogens is 408 g/mol. The van der Waals surface area contributed by atoms with Crippen LogP contribution < -0.4 is 0 Å². The Morgan fingerprint density at radius 1 is 1.03 bits per heavy atom. The summed E-state index contributed by atoms with van der Waals surface area (Å²) in [6, 6.07) is 0. The molecule has 0 aromatic rings. The number of ether oxygens (including phenoxy) is 1. The third-order valence-electron chi connectivity index (χ3n) is 11.6. The molecule has 1 unspecified atom stereocenters. The van der Waals surface area contributed by atoms with Crippen LogP contribution in [0.25, 0.3) is 0 Å². The maximum atomic E-state index is 12.8. The van der Waals surface area contributed by atoms with Gasteiger partial charge in [0.25, 0.3) is 0 Å². The van der Waals surface area contributed by atoms with Gasteiger partial charge in [-0.1, -0.05) is 57.9 Å². The zero-order valence-electron chi connectivity index (χ0n) is 22.0. The lowest BCUT2D eigenvalue weighted by Gasteiger charge is -2.66. The Labute approximate surface area is 201 Å². The normalized spacial score (nSPS) is 50.8. The molecule has 3 nitrogen and oxygen atoms in total. The zero-order valence-corrected chi connectivity index (χ0v) is 22.0. The van der Waals surface area contributed by atoms with E-state index >= 15 is 0 Å². The average molecular weight is 455 g/mol. The smallest absolute Gasteiger partial charge is 0.158 e. The molecule has 1 aliphatic heterocycles. The Morgan fingerprint density at radius 3 is 2.39 bits per heavy atom. The molecular formula is C30H46O3. The van der Waals surface area contributed by atoms with Crippen molar-refractivity contribution in [2.75, 3.05) is 0 Å². The van der Waals surface area contributed by atoms with E-state index in [9.17, 15) is 9.90 Å². The molecule has 1 heterocycles. The minimum atomic E-state index is -0.649. The topological polar surface area (TPSA) is 46.5 Å². The predicted octanol–water partition coefficient (Wildman–Crippen LogP) is 6.85. The number of carbonyl (C=O) groups excluding carboxylic acids is 1. The molecule has 33 heavy (non-hydrogen) atoms. The Morgan fingerprint density at radius 2 is 1.70 bits per heavy atom. The van der Waals surface area contributed by atoms with Crippen LogP contribution in [-0.2, 0) is 9.53 Å². The molecule has 0 bridgehead atoms. The third-order valence-corrected chi connectivity index (χ3v) is 11.6. The molecule has 1 saturated heterocycles.